The smallest absolute Gasteiger partial charge is 0.332 e. The zero-order valence-corrected chi connectivity index (χ0v) is 24.9. The van der Waals surface area contributed by atoms with E-state index < -0.39 is 33.9 Å². The summed E-state index contributed by atoms with van der Waals surface area (Å²) >= 11 is 1.36. The summed E-state index contributed by atoms with van der Waals surface area (Å²) in [4.78, 5) is 43.8. The molecule has 0 bridgehead atoms. The van der Waals surface area contributed by atoms with Crippen LogP contribution in [0.5, 0.6) is 0 Å². The highest BCUT2D eigenvalue weighted by Crippen LogP contribution is 2.30. The summed E-state index contributed by atoms with van der Waals surface area (Å²) in [6.07, 6.45) is 0.198. The Hall–Kier alpha value is -4.66. The van der Waals surface area contributed by atoms with Crippen LogP contribution in [0.4, 0.5) is 0 Å². The van der Waals surface area contributed by atoms with Gasteiger partial charge in [0.1, 0.15) is 11.6 Å². The van der Waals surface area contributed by atoms with E-state index in [1.165, 1.54) is 49.4 Å². The van der Waals surface area contributed by atoms with Gasteiger partial charge >= 0.3 is 11.9 Å². The number of para-hydroxylation sites is 1. The molecular weight excluding hydrogens is 594 g/mol. The molecule has 224 valence electrons. The molecule has 1 aromatic heterocycles. The van der Waals surface area contributed by atoms with Crippen molar-refractivity contribution in [2.75, 3.05) is 13.2 Å². The summed E-state index contributed by atoms with van der Waals surface area (Å²) in [6.45, 7) is 2.53. The number of carbonyl (C=O) groups is 3. The average molecular weight is 624 g/mol. The third-order valence-corrected chi connectivity index (χ3v) is 8.56. The normalized spacial score (nSPS) is 12.5. The fraction of sp³-hybridized carbons (Fsp3) is 0.207. The van der Waals surface area contributed by atoms with Crippen LogP contribution < -0.4 is 15.8 Å². The number of aromatic nitrogens is 1. The van der Waals surface area contributed by atoms with Gasteiger partial charge in [-0.05, 0) is 48.4 Å². The first-order chi connectivity index (χ1) is 20.5. The van der Waals surface area contributed by atoms with Crippen LogP contribution in [0.25, 0.3) is 10.2 Å². The molecule has 12 nitrogen and oxygen atoms in total. The van der Waals surface area contributed by atoms with Gasteiger partial charge in [-0.15, -0.1) is 11.3 Å². The molecule has 0 aliphatic heterocycles. The minimum absolute atomic E-state index is 0.00702. The quantitative estimate of drug-likeness (QED) is 0.0534. The van der Waals surface area contributed by atoms with Crippen LogP contribution in [-0.2, 0) is 35.6 Å². The number of sulfonamides is 1. The van der Waals surface area contributed by atoms with E-state index in [1.54, 1.807) is 24.3 Å². The molecule has 1 atom stereocenters. The van der Waals surface area contributed by atoms with E-state index in [1.807, 2.05) is 24.3 Å². The van der Waals surface area contributed by atoms with Crippen molar-refractivity contribution in [1.82, 2.24) is 15.0 Å². The number of amides is 1. The second-order valence-electron chi connectivity index (χ2n) is 9.28. The van der Waals surface area contributed by atoms with Gasteiger partial charge in [0, 0.05) is 25.0 Å². The molecule has 0 saturated heterocycles. The number of ether oxygens (including phenoxy) is 1. The number of carbonyl (C=O) groups excluding carboxylic acids is 3. The summed E-state index contributed by atoms with van der Waals surface area (Å²) in [5, 5.41) is 6.75. The molecule has 1 amide bonds. The number of amidine groups is 1. The van der Waals surface area contributed by atoms with Gasteiger partial charge < -0.3 is 20.6 Å². The van der Waals surface area contributed by atoms with Crippen molar-refractivity contribution in [3.05, 3.63) is 94.5 Å². The van der Waals surface area contributed by atoms with E-state index in [4.69, 9.17) is 10.5 Å². The Kier molecular flexibility index (Phi) is 10.2. The number of thiazole rings is 1. The number of oxime groups is 1. The van der Waals surface area contributed by atoms with Gasteiger partial charge in [0.15, 0.2) is 5.84 Å². The molecule has 4 N–H and O–H groups in total. The van der Waals surface area contributed by atoms with Crippen LogP contribution in [0, 0.1) is 0 Å². The lowest BCUT2D eigenvalue weighted by Gasteiger charge is -2.18. The van der Waals surface area contributed by atoms with Crippen molar-refractivity contribution < 1.29 is 32.4 Å². The van der Waals surface area contributed by atoms with Gasteiger partial charge in [-0.2, -0.15) is 0 Å². The Morgan fingerprint density at radius 1 is 0.977 bits per heavy atom. The monoisotopic (exact) mass is 623 g/mol. The van der Waals surface area contributed by atoms with Crippen molar-refractivity contribution in [1.29, 1.82) is 0 Å². The van der Waals surface area contributed by atoms with Gasteiger partial charge in [0.25, 0.3) is 5.91 Å². The zero-order valence-electron chi connectivity index (χ0n) is 23.3. The molecule has 4 aromatic rings. The Balaban J connectivity index is 1.61. The van der Waals surface area contributed by atoms with E-state index >= 15 is 0 Å². The van der Waals surface area contributed by atoms with Gasteiger partial charge in [-0.1, -0.05) is 41.6 Å². The predicted octanol–water partition coefficient (Wildman–Crippen LogP) is 3.03. The van der Waals surface area contributed by atoms with Gasteiger partial charge in [0.05, 0.1) is 27.7 Å². The van der Waals surface area contributed by atoms with E-state index in [0.29, 0.717) is 16.1 Å². The number of rotatable bonds is 12. The number of nitrogens with zero attached hydrogens (tertiary/aromatic N) is 2. The number of nitrogens with two attached hydrogens (primary N) is 1. The Labute approximate surface area is 251 Å². The lowest BCUT2D eigenvalue weighted by molar-refractivity contribution is -0.141. The Morgan fingerprint density at radius 3 is 2.47 bits per heavy atom. The standard InChI is InChI=1S/C29H29N5O7S2/c1-18(35)40-14-13-31-28(37)22-9-6-10-23(17-22)43(38,39)34-25(29-32-24-11-3-4-12-26(24)42-29)16-20-7-5-8-21(15-20)27(30)33-41-19(2)36/h3-12,15,17,25,34H,13-14,16H2,1-2H3,(H2,30,33)(H,31,37). The molecule has 1 unspecified atom stereocenters. The van der Waals surface area contributed by atoms with Crippen LogP contribution in [-0.4, -0.2) is 50.2 Å². The van der Waals surface area contributed by atoms with Crippen molar-refractivity contribution in [3.8, 4) is 0 Å². The Morgan fingerprint density at radius 2 is 1.72 bits per heavy atom. The van der Waals surface area contributed by atoms with Gasteiger partial charge in [0.2, 0.25) is 10.0 Å². The molecular formula is C29H29N5O7S2. The van der Waals surface area contributed by atoms with E-state index in [-0.39, 0.29) is 35.9 Å². The molecule has 0 fully saturated rings. The van der Waals surface area contributed by atoms with E-state index in [0.717, 1.165) is 10.2 Å². The predicted molar refractivity (Wildman–Crippen MR) is 161 cm³/mol. The highest BCUT2D eigenvalue weighted by atomic mass is 32.2. The lowest BCUT2D eigenvalue weighted by Crippen LogP contribution is -2.31. The molecule has 0 aliphatic rings. The highest BCUT2D eigenvalue weighted by Gasteiger charge is 2.25. The van der Waals surface area contributed by atoms with E-state index in [9.17, 15) is 22.8 Å². The van der Waals surface area contributed by atoms with Gasteiger partial charge in [-0.25, -0.2) is 22.9 Å². The molecule has 0 radical (unpaired) electrons. The third kappa shape index (κ3) is 8.67. The number of nitrogens with one attached hydrogen (secondary N) is 2. The maximum Gasteiger partial charge on any atom is 0.332 e. The van der Waals surface area contributed by atoms with Crippen LogP contribution in [0.1, 0.15) is 46.4 Å². The molecule has 4 rings (SSSR count). The summed E-state index contributed by atoms with van der Waals surface area (Å²) in [5.74, 6) is -1.62. The van der Waals surface area contributed by atoms with Gasteiger partial charge in [-0.3, -0.25) is 9.59 Å². The molecule has 0 spiro atoms. The first-order valence-electron chi connectivity index (χ1n) is 13.0. The second-order valence-corrected chi connectivity index (χ2v) is 12.1. The maximum atomic E-state index is 13.6. The maximum absolute atomic E-state index is 13.6. The average Bonchev–Trinajstić information content (AvgIpc) is 3.42. The van der Waals surface area contributed by atoms with E-state index in [2.05, 4.69) is 25.0 Å². The molecule has 1 heterocycles. The SMILES string of the molecule is CC(=O)OCCNC(=O)c1cccc(S(=O)(=O)NC(Cc2cccc(/C(N)=N\OC(C)=O)c2)c2nc3ccccc3s2)c1. The minimum Gasteiger partial charge on any atom is -0.464 e. The molecule has 0 saturated carbocycles. The van der Waals surface area contributed by atoms with Crippen LogP contribution in [0.15, 0.2) is 82.8 Å². The third-order valence-electron chi connectivity index (χ3n) is 5.94. The number of esters is 1. The highest BCUT2D eigenvalue weighted by molar-refractivity contribution is 7.89. The summed E-state index contributed by atoms with van der Waals surface area (Å²) in [7, 11) is -4.14. The molecule has 3 aromatic carbocycles. The van der Waals surface area contributed by atoms with Crippen molar-refractivity contribution in [3.63, 3.8) is 0 Å². The molecule has 0 aliphatic carbocycles. The topological polar surface area (TPSA) is 179 Å². The zero-order chi connectivity index (χ0) is 31.0. The Bertz CT molecular complexity index is 1750. The fourth-order valence-electron chi connectivity index (χ4n) is 4.00. The van der Waals surface area contributed by atoms with Crippen LogP contribution in [0.3, 0.4) is 0 Å². The molecule has 43 heavy (non-hydrogen) atoms. The van der Waals surface area contributed by atoms with Crippen molar-refractivity contribution >= 4 is 55.3 Å². The largest absolute Gasteiger partial charge is 0.464 e. The fourth-order valence-corrected chi connectivity index (χ4v) is 6.34. The van der Waals surface area contributed by atoms with Crippen molar-refractivity contribution in [2.24, 2.45) is 10.9 Å². The second kappa shape index (κ2) is 14.0. The molecule has 14 heteroatoms. The first kappa shape index (κ1) is 31.3. The lowest BCUT2D eigenvalue weighted by atomic mass is 10.0. The minimum atomic E-state index is -4.14. The number of hydrogen-bond acceptors (Lipinski definition) is 10. The van der Waals surface area contributed by atoms with Crippen molar-refractivity contribution in [2.45, 2.75) is 31.2 Å². The van der Waals surface area contributed by atoms with Crippen LogP contribution >= 0.6 is 11.3 Å². The number of fused-ring (bicyclic) bond motifs is 1. The van der Waals surface area contributed by atoms with Crippen LogP contribution in [0.2, 0.25) is 0 Å². The number of benzene rings is 3. The number of hydrogen-bond donors (Lipinski definition) is 3. The summed E-state index contributed by atoms with van der Waals surface area (Å²) < 4.78 is 35.7. The first-order valence-corrected chi connectivity index (χ1v) is 15.3. The summed E-state index contributed by atoms with van der Waals surface area (Å²) in [5.41, 5.74) is 8.02. The summed E-state index contributed by atoms with van der Waals surface area (Å²) in [6, 6.07) is 19.2.